The molecule has 1 aliphatic carbocycles. The van der Waals surface area contributed by atoms with E-state index in [2.05, 4.69) is 10.3 Å². The molecule has 0 bridgehead atoms. The Labute approximate surface area is 110 Å². The van der Waals surface area contributed by atoms with E-state index < -0.39 is 0 Å². The van der Waals surface area contributed by atoms with Crippen LogP contribution in [-0.2, 0) is 11.2 Å². The summed E-state index contributed by atoms with van der Waals surface area (Å²) in [6.45, 7) is 0. The molecule has 0 saturated heterocycles. The fourth-order valence-electron chi connectivity index (χ4n) is 2.55. The number of imidazole rings is 1. The summed E-state index contributed by atoms with van der Waals surface area (Å²) in [5, 5.41) is 5.11. The highest BCUT2D eigenvalue weighted by molar-refractivity contribution is 7.15. The van der Waals surface area contributed by atoms with Crippen molar-refractivity contribution in [3.63, 3.8) is 0 Å². The van der Waals surface area contributed by atoms with Gasteiger partial charge >= 0.3 is 0 Å². The highest BCUT2D eigenvalue weighted by Crippen LogP contribution is 2.17. The highest BCUT2D eigenvalue weighted by Gasteiger charge is 2.16. The molecule has 1 aliphatic rings. The Balaban J connectivity index is 1.58. The summed E-state index contributed by atoms with van der Waals surface area (Å²) in [7, 11) is 0. The van der Waals surface area contributed by atoms with Gasteiger partial charge < -0.3 is 5.32 Å². The van der Waals surface area contributed by atoms with Gasteiger partial charge in [-0.25, -0.2) is 4.98 Å². The average Bonchev–Trinajstić information content (AvgIpc) is 2.90. The Morgan fingerprint density at radius 2 is 2.28 bits per heavy atom. The summed E-state index contributed by atoms with van der Waals surface area (Å²) in [5.41, 5.74) is 0.857. The molecule has 96 valence electrons. The summed E-state index contributed by atoms with van der Waals surface area (Å²) < 4.78 is 1.97. The molecule has 1 amide bonds. The van der Waals surface area contributed by atoms with Crippen LogP contribution >= 0.6 is 11.3 Å². The molecule has 0 spiro atoms. The van der Waals surface area contributed by atoms with Crippen molar-refractivity contribution in [1.29, 1.82) is 0 Å². The van der Waals surface area contributed by atoms with Gasteiger partial charge in [0.25, 0.3) is 0 Å². The lowest BCUT2D eigenvalue weighted by atomic mass is 9.95. The van der Waals surface area contributed by atoms with E-state index in [0.717, 1.165) is 23.5 Å². The second-order valence-corrected chi connectivity index (χ2v) is 5.78. The van der Waals surface area contributed by atoms with Crippen LogP contribution in [0.4, 0.5) is 0 Å². The summed E-state index contributed by atoms with van der Waals surface area (Å²) in [6.07, 6.45) is 10.3. The molecule has 0 aromatic carbocycles. The van der Waals surface area contributed by atoms with Crippen molar-refractivity contribution in [2.75, 3.05) is 0 Å². The zero-order valence-electron chi connectivity index (χ0n) is 10.3. The standard InChI is InChI=1S/C13H17N3OS/c17-12(14-10-4-2-1-3-5-10)8-11-9-16-6-7-18-13(16)15-11/h6-7,9-10H,1-5,8H2,(H,14,17). The van der Waals surface area contributed by atoms with E-state index in [-0.39, 0.29) is 5.91 Å². The van der Waals surface area contributed by atoms with Gasteiger partial charge in [0.2, 0.25) is 5.91 Å². The minimum atomic E-state index is 0.104. The van der Waals surface area contributed by atoms with Crippen LogP contribution in [0, 0.1) is 0 Å². The second kappa shape index (κ2) is 5.10. The SMILES string of the molecule is O=C(Cc1cn2ccsc2n1)NC1CCCCC1. The molecule has 2 heterocycles. The Bertz CT molecular complexity index is 511. The third-order valence-corrected chi connectivity index (χ3v) is 4.23. The van der Waals surface area contributed by atoms with Crippen molar-refractivity contribution in [3.05, 3.63) is 23.5 Å². The van der Waals surface area contributed by atoms with Crippen LogP contribution < -0.4 is 5.32 Å². The number of hydrogen-bond donors (Lipinski definition) is 1. The number of carbonyl (C=O) groups is 1. The minimum absolute atomic E-state index is 0.104. The largest absolute Gasteiger partial charge is 0.353 e. The molecular formula is C13H17N3OS. The number of thiazole rings is 1. The first-order valence-electron chi connectivity index (χ1n) is 6.52. The van der Waals surface area contributed by atoms with E-state index in [4.69, 9.17) is 0 Å². The molecule has 1 fully saturated rings. The maximum atomic E-state index is 11.9. The Hall–Kier alpha value is -1.36. The monoisotopic (exact) mass is 263 g/mol. The molecule has 0 unspecified atom stereocenters. The zero-order chi connectivity index (χ0) is 12.4. The smallest absolute Gasteiger partial charge is 0.226 e. The molecule has 4 nitrogen and oxygen atoms in total. The van der Waals surface area contributed by atoms with Gasteiger partial charge in [0.1, 0.15) is 0 Å². The van der Waals surface area contributed by atoms with Crippen molar-refractivity contribution >= 4 is 22.2 Å². The number of hydrogen-bond acceptors (Lipinski definition) is 3. The average molecular weight is 263 g/mol. The zero-order valence-corrected chi connectivity index (χ0v) is 11.1. The molecule has 0 radical (unpaired) electrons. The first-order chi connectivity index (χ1) is 8.81. The second-order valence-electron chi connectivity index (χ2n) is 4.90. The number of rotatable bonds is 3. The lowest BCUT2D eigenvalue weighted by Crippen LogP contribution is -2.37. The van der Waals surface area contributed by atoms with Crippen molar-refractivity contribution in [2.24, 2.45) is 0 Å². The van der Waals surface area contributed by atoms with Crippen molar-refractivity contribution < 1.29 is 4.79 Å². The normalized spacial score (nSPS) is 17.1. The topological polar surface area (TPSA) is 46.4 Å². The van der Waals surface area contributed by atoms with Crippen LogP contribution in [0.25, 0.3) is 4.96 Å². The number of nitrogens with zero attached hydrogens (tertiary/aromatic N) is 2. The third kappa shape index (κ3) is 2.56. The number of aromatic nitrogens is 2. The minimum Gasteiger partial charge on any atom is -0.353 e. The van der Waals surface area contributed by atoms with Crippen LogP contribution in [-0.4, -0.2) is 21.3 Å². The molecule has 2 aromatic rings. The van der Waals surface area contributed by atoms with Gasteiger partial charge in [0.05, 0.1) is 12.1 Å². The van der Waals surface area contributed by atoms with E-state index in [1.54, 1.807) is 11.3 Å². The summed E-state index contributed by atoms with van der Waals surface area (Å²) >= 11 is 1.59. The van der Waals surface area contributed by atoms with Crippen LogP contribution in [0.5, 0.6) is 0 Å². The molecule has 3 rings (SSSR count). The van der Waals surface area contributed by atoms with Gasteiger partial charge in [-0.15, -0.1) is 11.3 Å². The molecule has 5 heteroatoms. The fraction of sp³-hybridized carbons (Fsp3) is 0.538. The first-order valence-corrected chi connectivity index (χ1v) is 7.40. The number of fused-ring (bicyclic) bond motifs is 1. The lowest BCUT2D eigenvalue weighted by Gasteiger charge is -2.22. The van der Waals surface area contributed by atoms with E-state index in [1.807, 2.05) is 22.2 Å². The highest BCUT2D eigenvalue weighted by atomic mass is 32.1. The molecule has 2 aromatic heterocycles. The van der Waals surface area contributed by atoms with Gasteiger partial charge in [-0.2, -0.15) is 0 Å². The van der Waals surface area contributed by atoms with Crippen LogP contribution in [0.3, 0.4) is 0 Å². The molecule has 18 heavy (non-hydrogen) atoms. The number of amides is 1. The fourth-order valence-corrected chi connectivity index (χ4v) is 3.27. The number of carbonyl (C=O) groups excluding carboxylic acids is 1. The van der Waals surface area contributed by atoms with E-state index in [0.29, 0.717) is 12.5 Å². The summed E-state index contributed by atoms with van der Waals surface area (Å²) in [4.78, 5) is 17.3. The van der Waals surface area contributed by atoms with E-state index >= 15 is 0 Å². The third-order valence-electron chi connectivity index (χ3n) is 3.46. The van der Waals surface area contributed by atoms with Crippen LogP contribution in [0.15, 0.2) is 17.8 Å². The predicted molar refractivity (Wildman–Crippen MR) is 71.8 cm³/mol. The van der Waals surface area contributed by atoms with Gasteiger partial charge in [0, 0.05) is 23.8 Å². The van der Waals surface area contributed by atoms with Crippen LogP contribution in [0.2, 0.25) is 0 Å². The van der Waals surface area contributed by atoms with E-state index in [9.17, 15) is 4.79 Å². The maximum absolute atomic E-state index is 11.9. The Morgan fingerprint density at radius 3 is 3.06 bits per heavy atom. The molecule has 1 saturated carbocycles. The van der Waals surface area contributed by atoms with Crippen molar-refractivity contribution in [2.45, 2.75) is 44.6 Å². The summed E-state index contributed by atoms with van der Waals surface area (Å²) in [6, 6.07) is 0.384. The maximum Gasteiger partial charge on any atom is 0.226 e. The van der Waals surface area contributed by atoms with Crippen molar-refractivity contribution in [3.8, 4) is 0 Å². The number of nitrogens with one attached hydrogen (secondary N) is 1. The van der Waals surface area contributed by atoms with E-state index in [1.165, 1.54) is 19.3 Å². The molecular weight excluding hydrogens is 246 g/mol. The van der Waals surface area contributed by atoms with Gasteiger partial charge in [-0.3, -0.25) is 9.20 Å². The first kappa shape index (κ1) is 11.7. The van der Waals surface area contributed by atoms with Gasteiger partial charge in [-0.05, 0) is 12.8 Å². The summed E-state index contributed by atoms with van der Waals surface area (Å²) in [5.74, 6) is 0.104. The molecule has 0 atom stereocenters. The van der Waals surface area contributed by atoms with Gasteiger partial charge in [-0.1, -0.05) is 19.3 Å². The van der Waals surface area contributed by atoms with Gasteiger partial charge in [0.15, 0.2) is 4.96 Å². The van der Waals surface area contributed by atoms with Crippen molar-refractivity contribution in [1.82, 2.24) is 14.7 Å². The Kier molecular flexibility index (Phi) is 3.32. The molecule has 1 N–H and O–H groups in total. The Morgan fingerprint density at radius 1 is 1.44 bits per heavy atom. The molecule has 0 aliphatic heterocycles. The van der Waals surface area contributed by atoms with Crippen LogP contribution in [0.1, 0.15) is 37.8 Å². The quantitative estimate of drug-likeness (QED) is 0.924. The predicted octanol–water partition coefficient (Wildman–Crippen LogP) is 2.39. The lowest BCUT2D eigenvalue weighted by molar-refractivity contribution is -0.121.